The molecule has 0 fully saturated rings. The number of furan rings is 1. The Hall–Kier alpha value is -2.03. The molecule has 3 rings (SSSR count). The minimum atomic E-state index is 0.878. The average molecular weight is 226 g/mol. The van der Waals surface area contributed by atoms with Crippen molar-refractivity contribution in [3.05, 3.63) is 41.3 Å². The molecule has 2 aromatic heterocycles. The van der Waals surface area contributed by atoms with E-state index in [0.29, 0.717) is 0 Å². The van der Waals surface area contributed by atoms with Crippen molar-refractivity contribution in [2.24, 2.45) is 0 Å². The van der Waals surface area contributed by atoms with E-state index in [1.807, 2.05) is 32.0 Å². The summed E-state index contributed by atoms with van der Waals surface area (Å²) in [5, 5.41) is 0. The van der Waals surface area contributed by atoms with Gasteiger partial charge in [-0.2, -0.15) is 0 Å². The van der Waals surface area contributed by atoms with E-state index in [9.17, 15) is 0 Å². The van der Waals surface area contributed by atoms with E-state index in [4.69, 9.17) is 4.42 Å². The third-order valence-electron chi connectivity index (χ3n) is 3.01. The molecule has 3 nitrogen and oxygen atoms in total. The third kappa shape index (κ3) is 1.55. The maximum atomic E-state index is 5.54. The van der Waals surface area contributed by atoms with E-state index in [-0.39, 0.29) is 0 Å². The average Bonchev–Trinajstić information content (AvgIpc) is 2.82. The van der Waals surface area contributed by atoms with Crippen LogP contribution in [0.15, 0.2) is 28.7 Å². The summed E-state index contributed by atoms with van der Waals surface area (Å²) >= 11 is 0. The molecule has 0 spiro atoms. The quantitative estimate of drug-likeness (QED) is 0.686. The minimum absolute atomic E-state index is 0.878. The van der Waals surface area contributed by atoms with Crippen molar-refractivity contribution in [1.29, 1.82) is 0 Å². The predicted molar refractivity (Wildman–Crippen MR) is 68.0 cm³/mol. The number of hydrogen-bond donors (Lipinski definition) is 1. The van der Waals surface area contributed by atoms with Crippen LogP contribution in [0.4, 0.5) is 0 Å². The highest BCUT2D eigenvalue weighted by Crippen LogP contribution is 2.27. The van der Waals surface area contributed by atoms with Gasteiger partial charge in [0.05, 0.1) is 16.6 Å². The molecule has 17 heavy (non-hydrogen) atoms. The lowest BCUT2D eigenvalue weighted by Gasteiger charge is -1.91. The molecular formula is C14H14N2O. The van der Waals surface area contributed by atoms with Gasteiger partial charge in [-0.05, 0) is 38.5 Å². The smallest absolute Gasteiger partial charge is 0.142 e. The Kier molecular flexibility index (Phi) is 2.08. The minimum Gasteiger partial charge on any atom is -0.466 e. The lowest BCUT2D eigenvalue weighted by Crippen LogP contribution is -1.79. The van der Waals surface area contributed by atoms with Crippen LogP contribution in [-0.2, 0) is 0 Å². The number of benzene rings is 1. The Bertz CT molecular complexity index is 691. The number of fused-ring (bicyclic) bond motifs is 1. The number of aromatic nitrogens is 2. The van der Waals surface area contributed by atoms with Crippen LogP contribution in [0.5, 0.6) is 0 Å². The van der Waals surface area contributed by atoms with Gasteiger partial charge >= 0.3 is 0 Å². The van der Waals surface area contributed by atoms with Gasteiger partial charge in [-0.25, -0.2) is 4.98 Å². The molecule has 2 heterocycles. The van der Waals surface area contributed by atoms with E-state index in [0.717, 1.165) is 33.9 Å². The lowest BCUT2D eigenvalue weighted by molar-refractivity contribution is 0.505. The topological polar surface area (TPSA) is 41.8 Å². The summed E-state index contributed by atoms with van der Waals surface area (Å²) in [6.45, 7) is 5.98. The van der Waals surface area contributed by atoms with Gasteiger partial charge < -0.3 is 9.40 Å². The Morgan fingerprint density at radius 1 is 1.18 bits per heavy atom. The standard InChI is InChI=1S/C14H14N2O/c1-8-5-4-6-12-13(8)16-14(15-12)11-7-9(2)17-10(11)3/h4-7H,1-3H3,(H,15,16). The first kappa shape index (κ1) is 10.1. The summed E-state index contributed by atoms with van der Waals surface area (Å²) in [6.07, 6.45) is 0. The highest BCUT2D eigenvalue weighted by molar-refractivity contribution is 5.82. The third-order valence-corrected chi connectivity index (χ3v) is 3.01. The van der Waals surface area contributed by atoms with Gasteiger partial charge in [0.15, 0.2) is 0 Å². The highest BCUT2D eigenvalue weighted by atomic mass is 16.3. The summed E-state index contributed by atoms with van der Waals surface area (Å²) in [7, 11) is 0. The lowest BCUT2D eigenvalue weighted by atomic mass is 10.2. The van der Waals surface area contributed by atoms with Crippen LogP contribution in [-0.4, -0.2) is 9.97 Å². The number of aryl methyl sites for hydroxylation is 3. The zero-order chi connectivity index (χ0) is 12.0. The zero-order valence-corrected chi connectivity index (χ0v) is 10.2. The number of imidazole rings is 1. The first-order valence-electron chi connectivity index (χ1n) is 5.68. The monoisotopic (exact) mass is 226 g/mol. The molecule has 0 aliphatic heterocycles. The molecule has 0 amide bonds. The van der Waals surface area contributed by atoms with Gasteiger partial charge in [0.25, 0.3) is 0 Å². The number of rotatable bonds is 1. The molecule has 0 atom stereocenters. The van der Waals surface area contributed by atoms with Crippen molar-refractivity contribution in [3.63, 3.8) is 0 Å². The van der Waals surface area contributed by atoms with E-state index in [1.54, 1.807) is 0 Å². The Morgan fingerprint density at radius 3 is 2.65 bits per heavy atom. The number of hydrogen-bond acceptors (Lipinski definition) is 2. The molecule has 86 valence electrons. The van der Waals surface area contributed by atoms with Crippen molar-refractivity contribution in [3.8, 4) is 11.4 Å². The van der Waals surface area contributed by atoms with Gasteiger partial charge in [0.2, 0.25) is 0 Å². The number of nitrogens with zero attached hydrogens (tertiary/aromatic N) is 1. The van der Waals surface area contributed by atoms with Gasteiger partial charge in [-0.1, -0.05) is 12.1 Å². The van der Waals surface area contributed by atoms with Crippen LogP contribution >= 0.6 is 0 Å². The number of nitrogens with one attached hydrogen (secondary N) is 1. The number of aromatic amines is 1. The maximum absolute atomic E-state index is 5.54. The van der Waals surface area contributed by atoms with Crippen molar-refractivity contribution < 1.29 is 4.42 Å². The largest absolute Gasteiger partial charge is 0.466 e. The second-order valence-electron chi connectivity index (χ2n) is 4.38. The molecular weight excluding hydrogens is 212 g/mol. The van der Waals surface area contributed by atoms with E-state index in [2.05, 4.69) is 23.0 Å². The summed E-state index contributed by atoms with van der Waals surface area (Å²) in [5.41, 5.74) is 4.32. The van der Waals surface area contributed by atoms with Crippen LogP contribution in [0.25, 0.3) is 22.4 Å². The Labute approximate surface area is 99.5 Å². The molecule has 0 aliphatic rings. The van der Waals surface area contributed by atoms with Crippen LogP contribution in [0.2, 0.25) is 0 Å². The van der Waals surface area contributed by atoms with Crippen molar-refractivity contribution in [2.75, 3.05) is 0 Å². The zero-order valence-electron chi connectivity index (χ0n) is 10.2. The molecule has 3 aromatic rings. The summed E-state index contributed by atoms with van der Waals surface area (Å²) in [4.78, 5) is 7.98. The van der Waals surface area contributed by atoms with E-state index in [1.165, 1.54) is 5.56 Å². The second kappa shape index (κ2) is 3.48. The molecule has 0 unspecified atom stereocenters. The fourth-order valence-electron chi connectivity index (χ4n) is 2.17. The molecule has 0 bridgehead atoms. The molecule has 1 aromatic carbocycles. The summed E-state index contributed by atoms with van der Waals surface area (Å²) in [6, 6.07) is 8.16. The van der Waals surface area contributed by atoms with Gasteiger partial charge in [0, 0.05) is 0 Å². The molecule has 0 radical (unpaired) electrons. The van der Waals surface area contributed by atoms with Gasteiger partial charge in [-0.3, -0.25) is 0 Å². The Balaban J connectivity index is 2.25. The maximum Gasteiger partial charge on any atom is 0.142 e. The normalized spacial score (nSPS) is 11.2. The van der Waals surface area contributed by atoms with Crippen LogP contribution < -0.4 is 0 Å². The van der Waals surface area contributed by atoms with E-state index >= 15 is 0 Å². The molecule has 0 saturated carbocycles. The predicted octanol–water partition coefficient (Wildman–Crippen LogP) is 3.75. The number of H-pyrrole nitrogens is 1. The fraction of sp³-hybridized carbons (Fsp3) is 0.214. The highest BCUT2D eigenvalue weighted by Gasteiger charge is 2.12. The molecule has 1 N–H and O–H groups in total. The second-order valence-corrected chi connectivity index (χ2v) is 4.38. The Morgan fingerprint density at radius 2 is 2.00 bits per heavy atom. The van der Waals surface area contributed by atoms with Gasteiger partial charge in [0.1, 0.15) is 17.3 Å². The van der Waals surface area contributed by atoms with E-state index < -0.39 is 0 Å². The first-order valence-corrected chi connectivity index (χ1v) is 5.68. The van der Waals surface area contributed by atoms with Crippen molar-refractivity contribution in [2.45, 2.75) is 20.8 Å². The fourth-order valence-corrected chi connectivity index (χ4v) is 2.17. The first-order chi connectivity index (χ1) is 8.15. The van der Waals surface area contributed by atoms with Crippen LogP contribution in [0, 0.1) is 20.8 Å². The van der Waals surface area contributed by atoms with Gasteiger partial charge in [-0.15, -0.1) is 0 Å². The van der Waals surface area contributed by atoms with Crippen molar-refractivity contribution >= 4 is 11.0 Å². The molecule has 3 heteroatoms. The molecule has 0 saturated heterocycles. The van der Waals surface area contributed by atoms with Crippen LogP contribution in [0.3, 0.4) is 0 Å². The summed E-state index contributed by atoms with van der Waals surface area (Å²) < 4.78 is 5.54. The van der Waals surface area contributed by atoms with Crippen molar-refractivity contribution in [1.82, 2.24) is 9.97 Å². The molecule has 0 aliphatic carbocycles. The summed E-state index contributed by atoms with van der Waals surface area (Å²) in [5.74, 6) is 2.69. The SMILES string of the molecule is Cc1cc(-c2nc3c(C)cccc3[nH]2)c(C)o1. The number of para-hydroxylation sites is 1. The van der Waals surface area contributed by atoms with Crippen LogP contribution in [0.1, 0.15) is 17.1 Å².